The molecule has 0 spiro atoms. The number of hydrogen-bond donors (Lipinski definition) is 13. The summed E-state index contributed by atoms with van der Waals surface area (Å²) >= 11 is 0. The maximum Gasteiger partial charge on any atom is 0.335 e. The molecule has 8 aliphatic rings. The Balaban J connectivity index is 1.14. The predicted molar refractivity (Wildman–Crippen MR) is 264 cm³/mol. The third kappa shape index (κ3) is 9.32. The molecule has 3 aliphatic heterocycles. The molecule has 3 saturated heterocycles. The van der Waals surface area contributed by atoms with Crippen LogP contribution in [0.3, 0.4) is 0 Å². The quantitative estimate of drug-likeness (QED) is 0.0399. The summed E-state index contributed by atoms with van der Waals surface area (Å²) in [5.41, 5.74) is -5.34. The van der Waals surface area contributed by atoms with Crippen LogP contribution in [-0.2, 0) is 52.3 Å². The molecule has 4 saturated carbocycles. The molecule has 7 fully saturated rings. The van der Waals surface area contributed by atoms with E-state index in [-0.39, 0.29) is 24.7 Å². The molecule has 0 aromatic carbocycles. The molecule has 27 unspecified atom stereocenters. The molecule has 0 radical (unpaired) electrons. The number of aliphatic hydroxyl groups excluding tert-OH is 12. The summed E-state index contributed by atoms with van der Waals surface area (Å²) in [7, 11) is 0. The zero-order valence-corrected chi connectivity index (χ0v) is 45.7. The van der Waals surface area contributed by atoms with Gasteiger partial charge in [0.1, 0.15) is 67.1 Å². The van der Waals surface area contributed by atoms with Gasteiger partial charge >= 0.3 is 17.9 Å². The number of carboxylic acid groups (broad SMARTS) is 1. The lowest BCUT2D eigenvalue weighted by Crippen LogP contribution is -2.76. The van der Waals surface area contributed by atoms with Crippen molar-refractivity contribution < 1.29 is 119 Å². The number of carbonyl (C=O) groups is 3. The van der Waals surface area contributed by atoms with Crippen molar-refractivity contribution in [2.45, 2.75) is 217 Å². The van der Waals surface area contributed by atoms with Crippen LogP contribution in [0.1, 0.15) is 101 Å². The van der Waals surface area contributed by atoms with Gasteiger partial charge in [-0.05, 0) is 81.0 Å². The average Bonchev–Trinajstić information content (AvgIpc) is 3.37. The van der Waals surface area contributed by atoms with E-state index in [1.807, 2.05) is 27.7 Å². The second kappa shape index (κ2) is 22.1. The Labute approximate surface area is 452 Å². The first-order valence-corrected chi connectivity index (χ1v) is 27.2. The van der Waals surface area contributed by atoms with Crippen molar-refractivity contribution in [3.63, 3.8) is 0 Å². The van der Waals surface area contributed by atoms with Crippen molar-refractivity contribution in [3.05, 3.63) is 23.3 Å². The minimum absolute atomic E-state index is 0.170. The molecule has 8 rings (SSSR count). The van der Waals surface area contributed by atoms with Crippen molar-refractivity contribution in [2.24, 2.45) is 50.2 Å². The molecule has 0 bridgehead atoms. The van der Waals surface area contributed by atoms with Gasteiger partial charge in [0, 0.05) is 28.7 Å². The Hall–Kier alpha value is -2.83. The Morgan fingerprint density at radius 2 is 1.26 bits per heavy atom. The first-order chi connectivity index (χ1) is 36.4. The van der Waals surface area contributed by atoms with Gasteiger partial charge in [-0.15, -0.1) is 0 Å². The lowest BCUT2D eigenvalue weighted by atomic mass is 9.32. The maximum atomic E-state index is 13.4. The smallest absolute Gasteiger partial charge is 0.335 e. The van der Waals surface area contributed by atoms with Crippen LogP contribution in [0.2, 0.25) is 0 Å². The van der Waals surface area contributed by atoms with E-state index in [2.05, 4.69) is 19.9 Å². The van der Waals surface area contributed by atoms with Crippen LogP contribution in [0.15, 0.2) is 23.3 Å². The minimum Gasteiger partial charge on any atom is -0.479 e. The number of aliphatic hydroxyl groups is 12. The predicted octanol–water partition coefficient (Wildman–Crippen LogP) is -1.71. The van der Waals surface area contributed by atoms with Gasteiger partial charge in [-0.3, -0.25) is 4.79 Å². The second-order valence-electron chi connectivity index (χ2n) is 25.1. The fourth-order valence-corrected chi connectivity index (χ4v) is 16.1. The Morgan fingerprint density at radius 3 is 1.81 bits per heavy atom. The highest BCUT2D eigenvalue weighted by molar-refractivity contribution is 5.87. The number of aliphatic carboxylic acids is 1. The molecule has 78 heavy (non-hydrogen) atoms. The van der Waals surface area contributed by atoms with E-state index in [4.69, 9.17) is 37.9 Å². The van der Waals surface area contributed by atoms with Crippen molar-refractivity contribution in [2.75, 3.05) is 26.4 Å². The van der Waals surface area contributed by atoms with Gasteiger partial charge in [-0.2, -0.15) is 0 Å². The number of rotatable bonds is 14. The summed E-state index contributed by atoms with van der Waals surface area (Å²) in [5.74, 6) is -4.41. The summed E-state index contributed by atoms with van der Waals surface area (Å²) < 4.78 is 48.4. The van der Waals surface area contributed by atoms with E-state index >= 15 is 0 Å². The Bertz CT molecular complexity index is 2280. The summed E-state index contributed by atoms with van der Waals surface area (Å²) in [6.07, 6.45) is -27.0. The van der Waals surface area contributed by atoms with E-state index in [0.717, 1.165) is 5.57 Å². The normalized spacial score (nSPS) is 51.0. The summed E-state index contributed by atoms with van der Waals surface area (Å²) in [5, 5.41) is 145. The number of ether oxygens (including phenoxy) is 8. The summed E-state index contributed by atoms with van der Waals surface area (Å²) in [4.78, 5) is 39.3. The van der Waals surface area contributed by atoms with Gasteiger partial charge in [0.25, 0.3) is 0 Å². The van der Waals surface area contributed by atoms with Crippen LogP contribution in [0.4, 0.5) is 0 Å². The van der Waals surface area contributed by atoms with Gasteiger partial charge in [-0.1, -0.05) is 59.3 Å². The number of esters is 2. The molecule has 444 valence electrons. The number of fused-ring (bicyclic) bond motifs is 7. The van der Waals surface area contributed by atoms with Crippen LogP contribution in [0.5, 0.6) is 0 Å². The van der Waals surface area contributed by atoms with Crippen molar-refractivity contribution >= 4 is 17.9 Å². The highest BCUT2D eigenvalue weighted by atomic mass is 16.8. The van der Waals surface area contributed by atoms with Crippen molar-refractivity contribution in [3.8, 4) is 0 Å². The van der Waals surface area contributed by atoms with Crippen LogP contribution < -0.4 is 0 Å². The van der Waals surface area contributed by atoms with Gasteiger partial charge in [0.2, 0.25) is 0 Å². The van der Waals surface area contributed by atoms with Crippen LogP contribution >= 0.6 is 0 Å². The van der Waals surface area contributed by atoms with Gasteiger partial charge in [0.15, 0.2) is 31.1 Å². The van der Waals surface area contributed by atoms with Crippen molar-refractivity contribution in [1.29, 1.82) is 0 Å². The molecule has 0 amide bonds. The fourth-order valence-electron chi connectivity index (χ4n) is 16.1. The highest BCUT2D eigenvalue weighted by Gasteiger charge is 2.76. The minimum atomic E-state index is -2.17. The van der Waals surface area contributed by atoms with E-state index in [9.17, 15) is 80.8 Å². The SMILES string of the molecule is CC=C(C)C(=O)OC1C(OC(C)=O)C2(CO)C(CC1(C)C)C1=CCC3C4(C)CCC(OC5OC(C(=O)O)C(O)C(OC6OC(CO)C(O)C6O)C5OC5OC(CO)C(O)C(O)C5O)C(C)(CO)C4CCC3(C)C1(C)C(O)C2O. The fraction of sp³-hybridized carbons (Fsp3) is 0.870. The maximum absolute atomic E-state index is 13.4. The van der Waals surface area contributed by atoms with Crippen LogP contribution in [0.25, 0.3) is 0 Å². The van der Waals surface area contributed by atoms with Crippen LogP contribution in [-0.4, -0.2) is 227 Å². The monoisotopic (exact) mass is 1120 g/mol. The first-order valence-electron chi connectivity index (χ1n) is 27.2. The number of carboxylic acids is 1. The first kappa shape index (κ1) is 61.2. The molecule has 0 aromatic rings. The molecule has 24 heteroatoms. The largest absolute Gasteiger partial charge is 0.479 e. The molecule has 5 aliphatic carbocycles. The molecule has 27 atom stereocenters. The van der Waals surface area contributed by atoms with Crippen molar-refractivity contribution in [1.82, 2.24) is 0 Å². The standard InChI is InChI=1S/C54H84O24/c1-10-22(2)45(70)78-42-43(71-23(3)59)54(21-58)25(17-49(42,4)5)24-11-12-29-50(6)15-14-30(51(7,20-57)28(50)13-16-52(29,8)53(24,9)40(66)41(54)67)74-48-39(77-47-35(64)33(62)31(60)26(18-55)72-47)37(36(65)38(76-48)44(68)69)75-46-34(63)32(61)27(19-56)73-46/h10-11,25-43,46-48,55-58,60-67H,12-21H2,1-9H3,(H,68,69). The Morgan fingerprint density at radius 1 is 0.667 bits per heavy atom. The third-order valence-electron chi connectivity index (χ3n) is 20.8. The molecule has 24 nitrogen and oxygen atoms in total. The molecular weight excluding hydrogens is 1030 g/mol. The molecular formula is C54H84O24. The van der Waals surface area contributed by atoms with E-state index in [1.54, 1.807) is 19.9 Å². The van der Waals surface area contributed by atoms with E-state index in [1.165, 1.54) is 6.92 Å². The summed E-state index contributed by atoms with van der Waals surface area (Å²) in [6.45, 7) is 13.3. The van der Waals surface area contributed by atoms with Gasteiger partial charge in [0.05, 0.1) is 50.2 Å². The number of hydrogen-bond acceptors (Lipinski definition) is 23. The zero-order chi connectivity index (χ0) is 57.7. The zero-order valence-electron chi connectivity index (χ0n) is 45.7. The summed E-state index contributed by atoms with van der Waals surface area (Å²) in [6, 6.07) is 0. The number of allylic oxidation sites excluding steroid dienone is 2. The van der Waals surface area contributed by atoms with Gasteiger partial charge < -0.3 is 104 Å². The van der Waals surface area contributed by atoms with Gasteiger partial charge in [-0.25, -0.2) is 9.59 Å². The lowest BCUT2D eigenvalue weighted by Gasteiger charge is -2.73. The third-order valence-corrected chi connectivity index (χ3v) is 20.8. The Kier molecular flexibility index (Phi) is 17.3. The van der Waals surface area contributed by atoms with Crippen LogP contribution in [0, 0.1) is 50.2 Å². The topological polar surface area (TPSA) is 388 Å². The molecule has 3 heterocycles. The highest BCUT2D eigenvalue weighted by Crippen LogP contribution is 2.76. The van der Waals surface area contributed by atoms with E-state index in [0.29, 0.717) is 31.3 Å². The molecule has 0 aromatic heterocycles. The molecule has 13 N–H and O–H groups in total. The average molecular weight is 1120 g/mol. The lowest BCUT2D eigenvalue weighted by molar-refractivity contribution is -0.387. The number of carbonyl (C=O) groups excluding carboxylic acids is 2. The van der Waals surface area contributed by atoms with E-state index < -0.39 is 199 Å². The second-order valence-corrected chi connectivity index (χ2v) is 25.1.